The summed E-state index contributed by atoms with van der Waals surface area (Å²) in [5.74, 6) is 1.91. The molecular weight excluding hydrogens is 364 g/mol. The molecule has 4 saturated carbocycles. The molecule has 2 heterocycles. The molecule has 0 saturated heterocycles. The van der Waals surface area contributed by atoms with E-state index in [-0.39, 0.29) is 17.1 Å². The Morgan fingerprint density at radius 3 is 2.63 bits per heavy atom. The van der Waals surface area contributed by atoms with Gasteiger partial charge < -0.3 is 5.32 Å². The molecule has 2 amide bonds. The van der Waals surface area contributed by atoms with E-state index < -0.39 is 0 Å². The number of hydrogen-bond donors (Lipinski definition) is 2. The van der Waals surface area contributed by atoms with Crippen molar-refractivity contribution in [3.63, 3.8) is 0 Å². The van der Waals surface area contributed by atoms with Crippen LogP contribution in [0.2, 0.25) is 0 Å². The Balaban J connectivity index is 1.36. The molecule has 2 N–H and O–H groups in total. The number of carbonyl (C=O) groups excluding carboxylic acids is 1. The highest BCUT2D eigenvalue weighted by Gasteiger charge is 2.60. The molecule has 0 aromatic carbocycles. The van der Waals surface area contributed by atoms with Crippen molar-refractivity contribution in [3.05, 3.63) is 10.8 Å². The quantitative estimate of drug-likeness (QED) is 0.831. The first kappa shape index (κ1) is 17.0. The number of tetrazole rings is 1. The van der Waals surface area contributed by atoms with Gasteiger partial charge in [0.1, 0.15) is 5.01 Å². The number of carbonyl (C=O) groups is 1. The van der Waals surface area contributed by atoms with Gasteiger partial charge in [-0.3, -0.25) is 5.32 Å². The zero-order valence-electron chi connectivity index (χ0n) is 15.6. The maximum Gasteiger partial charge on any atom is 0.321 e. The number of hydrogen-bond acceptors (Lipinski definition) is 7. The molecule has 10 heteroatoms. The van der Waals surface area contributed by atoms with Gasteiger partial charge in [-0.25, -0.2) is 4.79 Å². The van der Waals surface area contributed by atoms with Gasteiger partial charge in [0.2, 0.25) is 5.13 Å². The molecule has 144 valence electrons. The van der Waals surface area contributed by atoms with Crippen molar-refractivity contribution < 1.29 is 4.79 Å². The van der Waals surface area contributed by atoms with E-state index in [0.717, 1.165) is 43.5 Å². The number of anilines is 1. The zero-order valence-corrected chi connectivity index (χ0v) is 16.4. The lowest BCUT2D eigenvalue weighted by atomic mass is 9.50. The lowest BCUT2D eigenvalue weighted by molar-refractivity contribution is -0.0797. The van der Waals surface area contributed by atoms with Crippen molar-refractivity contribution >= 4 is 22.5 Å². The Morgan fingerprint density at radius 2 is 2.00 bits per heavy atom. The second-order valence-electron chi connectivity index (χ2n) is 8.53. The lowest BCUT2D eigenvalue weighted by Gasteiger charge is -2.61. The Kier molecular flexibility index (Phi) is 3.75. The number of nitrogens with one attached hydrogen (secondary N) is 2. The molecule has 4 bridgehead atoms. The van der Waals surface area contributed by atoms with Crippen LogP contribution in [0.3, 0.4) is 0 Å². The summed E-state index contributed by atoms with van der Waals surface area (Å²) < 4.78 is 0. The average Bonchev–Trinajstić information content (AvgIpc) is 3.22. The van der Waals surface area contributed by atoms with Gasteiger partial charge in [0.25, 0.3) is 0 Å². The smallest absolute Gasteiger partial charge is 0.321 e. The molecule has 4 aliphatic rings. The third kappa shape index (κ3) is 2.90. The minimum absolute atomic E-state index is 0.114. The maximum atomic E-state index is 12.7. The van der Waals surface area contributed by atoms with Crippen molar-refractivity contribution in [2.45, 2.75) is 69.9 Å². The fourth-order valence-corrected chi connectivity index (χ4v) is 6.57. The number of nitrogens with zero attached hydrogens (tertiary/aromatic N) is 6. The fourth-order valence-electron chi connectivity index (χ4n) is 5.90. The van der Waals surface area contributed by atoms with Crippen molar-refractivity contribution in [2.75, 3.05) is 5.32 Å². The number of amides is 2. The van der Waals surface area contributed by atoms with E-state index in [9.17, 15) is 4.79 Å². The molecule has 0 unspecified atom stereocenters. The molecule has 27 heavy (non-hydrogen) atoms. The molecule has 2 aromatic rings. The van der Waals surface area contributed by atoms with Crippen LogP contribution in [0.4, 0.5) is 9.93 Å². The number of urea groups is 1. The van der Waals surface area contributed by atoms with Crippen molar-refractivity contribution in [2.24, 2.45) is 11.8 Å². The summed E-state index contributed by atoms with van der Waals surface area (Å²) in [5.41, 5.74) is -0.315. The monoisotopic (exact) mass is 388 g/mol. The second-order valence-corrected chi connectivity index (χ2v) is 9.59. The maximum absolute atomic E-state index is 12.7. The standard InChI is InChI=1S/C17H24N8OS/c1-3-13-21-22-15(27-13)18-14(26)19-16-5-11-4-12(6-16)8-17(7-11,9-16)25-23-10(2)20-24-25/h11-12H,3-9H2,1-2H3,(H2,18,19,22,26)/t11-,12-,16?,17?/m1/s1. The number of aryl methyl sites for hydroxylation is 2. The Hall–Kier alpha value is -2.10. The third-order valence-corrected chi connectivity index (χ3v) is 7.32. The Bertz CT molecular complexity index is 862. The highest BCUT2D eigenvalue weighted by atomic mass is 32.1. The fraction of sp³-hybridized carbons (Fsp3) is 0.765. The largest absolute Gasteiger partial charge is 0.332 e. The van der Waals surface area contributed by atoms with E-state index in [1.165, 1.54) is 17.8 Å². The van der Waals surface area contributed by atoms with Crippen LogP contribution in [-0.2, 0) is 12.0 Å². The van der Waals surface area contributed by atoms with E-state index in [1.54, 1.807) is 0 Å². The van der Waals surface area contributed by atoms with Crippen LogP contribution in [0.25, 0.3) is 0 Å². The van der Waals surface area contributed by atoms with Crippen LogP contribution in [-0.4, -0.2) is 42.0 Å². The van der Waals surface area contributed by atoms with Crippen LogP contribution >= 0.6 is 11.3 Å². The molecule has 0 radical (unpaired) electrons. The summed E-state index contributed by atoms with van der Waals surface area (Å²) >= 11 is 1.43. The van der Waals surface area contributed by atoms with Crippen molar-refractivity contribution in [1.82, 2.24) is 35.7 Å². The highest BCUT2D eigenvalue weighted by molar-refractivity contribution is 7.15. The summed E-state index contributed by atoms with van der Waals surface area (Å²) in [4.78, 5) is 14.5. The lowest BCUT2D eigenvalue weighted by Crippen LogP contribution is -2.66. The van der Waals surface area contributed by atoms with Gasteiger partial charge >= 0.3 is 6.03 Å². The van der Waals surface area contributed by atoms with Crippen LogP contribution in [0.5, 0.6) is 0 Å². The van der Waals surface area contributed by atoms with Crippen molar-refractivity contribution in [1.29, 1.82) is 0 Å². The van der Waals surface area contributed by atoms with E-state index in [0.29, 0.717) is 22.8 Å². The summed E-state index contributed by atoms with van der Waals surface area (Å²) in [5, 5.41) is 28.7. The molecule has 6 rings (SSSR count). The van der Waals surface area contributed by atoms with Gasteiger partial charge in [-0.15, -0.1) is 20.4 Å². The highest BCUT2D eigenvalue weighted by Crippen LogP contribution is 2.60. The van der Waals surface area contributed by atoms with E-state index >= 15 is 0 Å². The molecule has 4 fully saturated rings. The minimum Gasteiger partial charge on any atom is -0.332 e. The summed E-state index contributed by atoms with van der Waals surface area (Å²) in [6, 6.07) is -0.186. The summed E-state index contributed by atoms with van der Waals surface area (Å²) in [7, 11) is 0. The summed E-state index contributed by atoms with van der Waals surface area (Å²) in [6.45, 7) is 3.90. The third-order valence-electron chi connectivity index (χ3n) is 6.34. The van der Waals surface area contributed by atoms with Gasteiger partial charge in [-0.05, 0) is 68.9 Å². The number of aromatic nitrogens is 6. The Labute approximate surface area is 161 Å². The predicted molar refractivity (Wildman–Crippen MR) is 99.4 cm³/mol. The summed E-state index contributed by atoms with van der Waals surface area (Å²) in [6.07, 6.45) is 7.16. The first-order valence-electron chi connectivity index (χ1n) is 9.66. The molecule has 0 spiro atoms. The van der Waals surface area contributed by atoms with Gasteiger partial charge in [0.05, 0.1) is 5.54 Å². The van der Waals surface area contributed by atoms with E-state index in [4.69, 9.17) is 0 Å². The van der Waals surface area contributed by atoms with Crippen molar-refractivity contribution in [3.8, 4) is 0 Å². The van der Waals surface area contributed by atoms with Crippen LogP contribution in [0.15, 0.2) is 0 Å². The first-order valence-corrected chi connectivity index (χ1v) is 10.5. The first-order chi connectivity index (χ1) is 13.0. The number of rotatable bonds is 4. The topological polar surface area (TPSA) is 111 Å². The van der Waals surface area contributed by atoms with Gasteiger partial charge in [-0.1, -0.05) is 18.3 Å². The van der Waals surface area contributed by atoms with E-state index in [1.807, 2.05) is 18.6 Å². The van der Waals surface area contributed by atoms with Crippen LogP contribution < -0.4 is 10.6 Å². The molecule has 0 aliphatic heterocycles. The molecule has 2 atom stereocenters. The zero-order chi connectivity index (χ0) is 18.6. The van der Waals surface area contributed by atoms with E-state index in [2.05, 4.69) is 36.2 Å². The molecule has 9 nitrogen and oxygen atoms in total. The SMILES string of the molecule is CCc1nnc(NC(=O)NC23C[C@H]4C[C@H](C2)CC(n2nnc(C)n2)(C4)C3)s1. The minimum atomic E-state index is -0.200. The molecule has 2 aromatic heterocycles. The Morgan fingerprint density at radius 1 is 1.22 bits per heavy atom. The van der Waals surface area contributed by atoms with Crippen LogP contribution in [0.1, 0.15) is 56.3 Å². The van der Waals surface area contributed by atoms with Gasteiger partial charge in [0, 0.05) is 5.54 Å². The van der Waals surface area contributed by atoms with Crippen LogP contribution in [0, 0.1) is 18.8 Å². The predicted octanol–water partition coefficient (Wildman–Crippen LogP) is 2.27. The molecule has 4 aliphatic carbocycles. The second kappa shape index (κ2) is 5.95. The molecular formula is C17H24N8OS. The van der Waals surface area contributed by atoms with Gasteiger partial charge in [-0.2, -0.15) is 4.80 Å². The normalized spacial score (nSPS) is 34.0. The average molecular weight is 389 g/mol. The van der Waals surface area contributed by atoms with Gasteiger partial charge in [0.15, 0.2) is 5.82 Å².